The number of nitrogens with two attached hydrogens (primary N) is 1. The first kappa shape index (κ1) is 16.7. The van der Waals surface area contributed by atoms with Crippen molar-refractivity contribution in [3.63, 3.8) is 0 Å². The van der Waals surface area contributed by atoms with Crippen molar-refractivity contribution in [3.8, 4) is 11.3 Å². The molecule has 3 aromatic rings. The Balaban J connectivity index is 1.51. The van der Waals surface area contributed by atoms with Crippen LogP contribution in [0, 0.1) is 5.92 Å². The van der Waals surface area contributed by atoms with Gasteiger partial charge in [-0.15, -0.1) is 0 Å². The van der Waals surface area contributed by atoms with Crippen LogP contribution in [0.15, 0.2) is 36.8 Å². The van der Waals surface area contributed by atoms with E-state index in [-0.39, 0.29) is 5.95 Å². The summed E-state index contributed by atoms with van der Waals surface area (Å²) in [4.78, 5) is 19.8. The number of rotatable bonds is 4. The van der Waals surface area contributed by atoms with Crippen LogP contribution in [0.25, 0.3) is 22.2 Å². The molecule has 0 radical (unpaired) electrons. The molecule has 26 heavy (non-hydrogen) atoms. The molecule has 0 atom stereocenters. The van der Waals surface area contributed by atoms with Gasteiger partial charge in [-0.2, -0.15) is 0 Å². The summed E-state index contributed by atoms with van der Waals surface area (Å²) in [6.07, 6.45) is 10.5. The zero-order chi connectivity index (χ0) is 17.9. The molecule has 6 heteroatoms. The van der Waals surface area contributed by atoms with Crippen molar-refractivity contribution in [1.82, 2.24) is 19.9 Å². The van der Waals surface area contributed by atoms with E-state index in [4.69, 9.17) is 5.73 Å². The number of hydrogen-bond donors (Lipinski definition) is 1. The summed E-state index contributed by atoms with van der Waals surface area (Å²) < 4.78 is 0. The Hall–Kier alpha value is -2.76. The van der Waals surface area contributed by atoms with Crippen LogP contribution >= 0.6 is 0 Å². The first-order valence-electron chi connectivity index (χ1n) is 9.32. The monoisotopic (exact) mass is 348 g/mol. The van der Waals surface area contributed by atoms with Crippen LogP contribution in [0.5, 0.6) is 0 Å². The lowest BCUT2D eigenvalue weighted by Crippen LogP contribution is -2.34. The fourth-order valence-electron chi connectivity index (χ4n) is 3.68. The summed E-state index contributed by atoms with van der Waals surface area (Å²) in [6.45, 7) is 4.47. The molecule has 0 bridgehead atoms. The van der Waals surface area contributed by atoms with Gasteiger partial charge in [0.05, 0.1) is 11.2 Å². The Morgan fingerprint density at radius 2 is 1.88 bits per heavy atom. The Labute approximate surface area is 153 Å². The van der Waals surface area contributed by atoms with Crippen molar-refractivity contribution in [2.75, 3.05) is 23.7 Å². The predicted molar refractivity (Wildman–Crippen MR) is 105 cm³/mol. The SMILES string of the molecule is CCCC1CCN(c2ccc(-c3cc4nc(N)ncc4cn3)cn2)CC1. The highest BCUT2D eigenvalue weighted by atomic mass is 15.2. The summed E-state index contributed by atoms with van der Waals surface area (Å²) in [6, 6.07) is 6.11. The minimum absolute atomic E-state index is 0.273. The predicted octanol–water partition coefficient (Wildman–Crippen LogP) is 3.69. The summed E-state index contributed by atoms with van der Waals surface area (Å²) in [7, 11) is 0. The lowest BCUT2D eigenvalue weighted by molar-refractivity contribution is 0.377. The van der Waals surface area contributed by atoms with Gasteiger partial charge in [-0.3, -0.25) is 4.98 Å². The lowest BCUT2D eigenvalue weighted by Gasteiger charge is -2.32. The maximum atomic E-state index is 5.68. The molecule has 0 amide bonds. The molecule has 6 nitrogen and oxygen atoms in total. The number of piperidine rings is 1. The van der Waals surface area contributed by atoms with E-state index in [9.17, 15) is 0 Å². The molecular formula is C20H24N6. The molecule has 1 aliphatic heterocycles. The maximum absolute atomic E-state index is 5.68. The largest absolute Gasteiger partial charge is 0.368 e. The molecule has 0 aromatic carbocycles. The average molecular weight is 348 g/mol. The number of hydrogen-bond acceptors (Lipinski definition) is 6. The van der Waals surface area contributed by atoms with Crippen molar-refractivity contribution in [3.05, 3.63) is 36.8 Å². The van der Waals surface area contributed by atoms with Gasteiger partial charge in [0, 0.05) is 42.6 Å². The Kier molecular flexibility index (Phi) is 4.65. The second kappa shape index (κ2) is 7.23. The summed E-state index contributed by atoms with van der Waals surface area (Å²) in [5.74, 6) is 2.21. The standard InChI is InChI=1S/C20H24N6/c1-2-3-14-6-8-26(9-7-14)19-5-4-15(11-23-19)17-10-18-16(12-22-17)13-24-20(21)25-18/h4-5,10-14H,2-3,6-9H2,1H3,(H2,21,24,25). The van der Waals surface area contributed by atoms with Crippen molar-refractivity contribution in [2.45, 2.75) is 32.6 Å². The smallest absolute Gasteiger partial charge is 0.220 e. The molecule has 1 fully saturated rings. The van der Waals surface area contributed by atoms with Gasteiger partial charge in [0.25, 0.3) is 0 Å². The number of nitrogen functional groups attached to an aromatic ring is 1. The van der Waals surface area contributed by atoms with E-state index in [0.717, 1.165) is 47.0 Å². The van der Waals surface area contributed by atoms with E-state index >= 15 is 0 Å². The Morgan fingerprint density at radius 3 is 2.62 bits per heavy atom. The van der Waals surface area contributed by atoms with E-state index in [1.807, 2.05) is 12.3 Å². The molecule has 2 N–H and O–H groups in total. The molecular weight excluding hydrogens is 324 g/mol. The van der Waals surface area contributed by atoms with Crippen LogP contribution in [0.3, 0.4) is 0 Å². The summed E-state index contributed by atoms with van der Waals surface area (Å²) in [5, 5.41) is 0.877. The number of nitrogens with zero attached hydrogens (tertiary/aromatic N) is 5. The second-order valence-corrected chi connectivity index (χ2v) is 6.98. The highest BCUT2D eigenvalue weighted by Gasteiger charge is 2.19. The van der Waals surface area contributed by atoms with Crippen LogP contribution in [-0.4, -0.2) is 33.0 Å². The molecule has 0 spiro atoms. The highest BCUT2D eigenvalue weighted by molar-refractivity contribution is 5.81. The van der Waals surface area contributed by atoms with E-state index in [2.05, 4.69) is 43.9 Å². The van der Waals surface area contributed by atoms with E-state index in [1.54, 1.807) is 12.4 Å². The van der Waals surface area contributed by atoms with Crippen molar-refractivity contribution < 1.29 is 0 Å². The van der Waals surface area contributed by atoms with Crippen molar-refractivity contribution in [2.24, 2.45) is 5.92 Å². The normalized spacial score (nSPS) is 15.5. The fraction of sp³-hybridized carbons (Fsp3) is 0.400. The summed E-state index contributed by atoms with van der Waals surface area (Å²) in [5.41, 5.74) is 8.30. The van der Waals surface area contributed by atoms with Gasteiger partial charge in [-0.1, -0.05) is 19.8 Å². The van der Waals surface area contributed by atoms with Crippen LogP contribution in [0.2, 0.25) is 0 Å². The zero-order valence-electron chi connectivity index (χ0n) is 15.1. The first-order chi connectivity index (χ1) is 12.7. The van der Waals surface area contributed by atoms with E-state index in [1.165, 1.54) is 25.7 Å². The molecule has 134 valence electrons. The van der Waals surface area contributed by atoms with Gasteiger partial charge in [0.15, 0.2) is 0 Å². The van der Waals surface area contributed by atoms with Crippen LogP contribution in [-0.2, 0) is 0 Å². The Morgan fingerprint density at radius 1 is 1.08 bits per heavy atom. The van der Waals surface area contributed by atoms with Gasteiger partial charge >= 0.3 is 0 Å². The summed E-state index contributed by atoms with van der Waals surface area (Å²) >= 11 is 0. The Bertz CT molecular complexity index is 884. The zero-order valence-corrected chi connectivity index (χ0v) is 15.1. The van der Waals surface area contributed by atoms with Crippen LogP contribution in [0.4, 0.5) is 11.8 Å². The molecule has 0 saturated carbocycles. The number of pyridine rings is 2. The van der Waals surface area contributed by atoms with Crippen molar-refractivity contribution >= 4 is 22.7 Å². The molecule has 4 heterocycles. The van der Waals surface area contributed by atoms with Gasteiger partial charge in [0.1, 0.15) is 5.82 Å². The minimum Gasteiger partial charge on any atom is -0.368 e. The number of aromatic nitrogens is 4. The van der Waals surface area contributed by atoms with Crippen molar-refractivity contribution in [1.29, 1.82) is 0 Å². The fourth-order valence-corrected chi connectivity index (χ4v) is 3.68. The lowest BCUT2D eigenvalue weighted by atomic mass is 9.92. The third-order valence-electron chi connectivity index (χ3n) is 5.16. The van der Waals surface area contributed by atoms with Gasteiger partial charge in [0.2, 0.25) is 5.95 Å². The van der Waals surface area contributed by atoms with Crippen LogP contribution in [0.1, 0.15) is 32.6 Å². The van der Waals surface area contributed by atoms with E-state index < -0.39 is 0 Å². The highest BCUT2D eigenvalue weighted by Crippen LogP contribution is 2.26. The number of fused-ring (bicyclic) bond motifs is 1. The average Bonchev–Trinajstić information content (AvgIpc) is 2.68. The third kappa shape index (κ3) is 3.45. The molecule has 3 aromatic heterocycles. The maximum Gasteiger partial charge on any atom is 0.220 e. The quantitative estimate of drug-likeness (QED) is 0.774. The third-order valence-corrected chi connectivity index (χ3v) is 5.16. The molecule has 0 unspecified atom stereocenters. The van der Waals surface area contributed by atoms with Gasteiger partial charge < -0.3 is 10.6 Å². The topological polar surface area (TPSA) is 80.8 Å². The molecule has 1 saturated heterocycles. The van der Waals surface area contributed by atoms with Crippen LogP contribution < -0.4 is 10.6 Å². The molecule has 1 aliphatic rings. The van der Waals surface area contributed by atoms with E-state index in [0.29, 0.717) is 0 Å². The number of anilines is 2. The first-order valence-corrected chi connectivity index (χ1v) is 9.32. The second-order valence-electron chi connectivity index (χ2n) is 6.98. The minimum atomic E-state index is 0.273. The van der Waals surface area contributed by atoms with Gasteiger partial charge in [-0.25, -0.2) is 15.0 Å². The molecule has 4 rings (SSSR count). The van der Waals surface area contributed by atoms with Gasteiger partial charge in [-0.05, 0) is 37.0 Å². The molecule has 0 aliphatic carbocycles.